The van der Waals surface area contributed by atoms with Crippen molar-refractivity contribution in [1.82, 2.24) is 10.2 Å². The van der Waals surface area contributed by atoms with Gasteiger partial charge < -0.3 is 0 Å². The Morgan fingerprint density at radius 3 is 2.58 bits per heavy atom. The van der Waals surface area contributed by atoms with Crippen LogP contribution in [0.15, 0.2) is 28.6 Å². The van der Waals surface area contributed by atoms with E-state index in [1.807, 2.05) is 6.92 Å². The van der Waals surface area contributed by atoms with E-state index in [2.05, 4.69) is 15.5 Å². The largest absolute Gasteiger partial charge is 0.299 e. The molecule has 1 heterocycles. The number of rotatable bonds is 7. The van der Waals surface area contributed by atoms with E-state index in [1.165, 1.54) is 35.2 Å². The Labute approximate surface area is 147 Å². The summed E-state index contributed by atoms with van der Waals surface area (Å²) in [6, 6.07) is 4.85. The van der Waals surface area contributed by atoms with Gasteiger partial charge in [-0.1, -0.05) is 30.0 Å². The van der Waals surface area contributed by atoms with Crippen LogP contribution in [-0.2, 0) is 14.8 Å². The molecule has 2 aromatic rings. The predicted octanol–water partition coefficient (Wildman–Crippen LogP) is 2.19. The first-order chi connectivity index (χ1) is 11.3. The number of nitrogens with zero attached hydrogens (tertiary/aromatic N) is 3. The first kappa shape index (κ1) is 18.6. The molecule has 1 amide bonds. The summed E-state index contributed by atoms with van der Waals surface area (Å²) in [5.41, 5.74) is 0.202. The van der Waals surface area contributed by atoms with Gasteiger partial charge in [0.1, 0.15) is 12.4 Å². The zero-order valence-corrected chi connectivity index (χ0v) is 15.3. The van der Waals surface area contributed by atoms with Crippen LogP contribution < -0.4 is 9.62 Å². The maximum absolute atomic E-state index is 13.0. The molecule has 0 atom stereocenters. The normalized spacial score (nSPS) is 11.3. The number of hydrogen-bond acceptors (Lipinski definition) is 7. The number of anilines is 2. The summed E-state index contributed by atoms with van der Waals surface area (Å²) >= 11 is 2.70. The van der Waals surface area contributed by atoms with Crippen molar-refractivity contribution in [3.05, 3.63) is 30.1 Å². The topological polar surface area (TPSA) is 92.3 Å². The molecule has 0 aliphatic heterocycles. The van der Waals surface area contributed by atoms with Gasteiger partial charge in [-0.15, -0.1) is 10.2 Å². The quantitative estimate of drug-likeness (QED) is 0.576. The molecule has 1 N–H and O–H groups in total. The number of thioether (sulfide) groups is 1. The highest BCUT2D eigenvalue weighted by Gasteiger charge is 2.21. The van der Waals surface area contributed by atoms with Crippen LogP contribution in [-0.4, -0.2) is 43.1 Å². The van der Waals surface area contributed by atoms with Gasteiger partial charge in [-0.05, 0) is 30.0 Å². The Morgan fingerprint density at radius 1 is 1.33 bits per heavy atom. The second-order valence-corrected chi connectivity index (χ2v) is 9.00. The first-order valence-electron chi connectivity index (χ1n) is 6.79. The molecule has 1 aromatic heterocycles. The van der Waals surface area contributed by atoms with Crippen LogP contribution in [0.1, 0.15) is 6.92 Å². The summed E-state index contributed by atoms with van der Waals surface area (Å²) in [4.78, 5) is 12.1. The van der Waals surface area contributed by atoms with Gasteiger partial charge in [0, 0.05) is 0 Å². The number of aromatic nitrogens is 2. The second kappa shape index (κ2) is 7.90. The number of carbonyl (C=O) groups excluding carboxylic acids is 1. The zero-order chi connectivity index (χ0) is 17.7. The van der Waals surface area contributed by atoms with Crippen molar-refractivity contribution in [2.24, 2.45) is 0 Å². The molecule has 0 saturated carbocycles. The van der Waals surface area contributed by atoms with Crippen LogP contribution >= 0.6 is 23.1 Å². The number of amides is 1. The van der Waals surface area contributed by atoms with Crippen LogP contribution in [0, 0.1) is 5.82 Å². The number of sulfonamides is 1. The Balaban J connectivity index is 2.11. The molecule has 130 valence electrons. The smallest absolute Gasteiger partial charge is 0.246 e. The van der Waals surface area contributed by atoms with E-state index in [4.69, 9.17) is 0 Å². The maximum Gasteiger partial charge on any atom is 0.246 e. The van der Waals surface area contributed by atoms with Gasteiger partial charge in [0.25, 0.3) is 0 Å². The van der Waals surface area contributed by atoms with Crippen LogP contribution in [0.2, 0.25) is 0 Å². The lowest BCUT2D eigenvalue weighted by Crippen LogP contribution is -2.37. The fourth-order valence-electron chi connectivity index (χ4n) is 1.74. The molecule has 2 rings (SSSR count). The van der Waals surface area contributed by atoms with Crippen LogP contribution in [0.3, 0.4) is 0 Å². The lowest BCUT2D eigenvalue weighted by molar-refractivity contribution is -0.114. The summed E-state index contributed by atoms with van der Waals surface area (Å²) in [7, 11) is -3.71. The Bertz CT molecular complexity index is 808. The summed E-state index contributed by atoms with van der Waals surface area (Å²) in [6.45, 7) is 1.53. The predicted molar refractivity (Wildman–Crippen MR) is 93.5 cm³/mol. The summed E-state index contributed by atoms with van der Waals surface area (Å²) in [6.07, 6.45) is 0.977. The van der Waals surface area contributed by atoms with E-state index >= 15 is 0 Å². The molecule has 0 aliphatic carbocycles. The first-order valence-corrected chi connectivity index (χ1v) is 10.4. The van der Waals surface area contributed by atoms with E-state index in [9.17, 15) is 17.6 Å². The highest BCUT2D eigenvalue weighted by Crippen LogP contribution is 2.25. The van der Waals surface area contributed by atoms with Gasteiger partial charge >= 0.3 is 0 Å². The number of hydrogen-bond donors (Lipinski definition) is 1. The molecule has 0 saturated heterocycles. The fourth-order valence-corrected chi connectivity index (χ4v) is 4.26. The van der Waals surface area contributed by atoms with Gasteiger partial charge in [0.15, 0.2) is 4.34 Å². The van der Waals surface area contributed by atoms with E-state index in [-0.39, 0.29) is 5.69 Å². The molecular weight excluding hydrogens is 375 g/mol. The molecule has 0 radical (unpaired) electrons. The number of nitrogens with one attached hydrogen (secondary N) is 1. The zero-order valence-electron chi connectivity index (χ0n) is 12.9. The molecule has 0 fully saturated rings. The maximum atomic E-state index is 13.0. The average molecular weight is 390 g/mol. The molecule has 7 nitrogen and oxygen atoms in total. The third-order valence-corrected chi connectivity index (χ3v) is 5.72. The molecule has 1 aromatic carbocycles. The monoisotopic (exact) mass is 390 g/mol. The van der Waals surface area contributed by atoms with Crippen molar-refractivity contribution in [2.45, 2.75) is 11.3 Å². The van der Waals surface area contributed by atoms with E-state index in [0.717, 1.165) is 28.4 Å². The van der Waals surface area contributed by atoms with E-state index < -0.39 is 28.3 Å². The Kier molecular flexibility index (Phi) is 6.13. The molecule has 0 aliphatic rings. The third kappa shape index (κ3) is 5.14. The second-order valence-electron chi connectivity index (χ2n) is 4.60. The van der Waals surface area contributed by atoms with Gasteiger partial charge in [-0.25, -0.2) is 12.8 Å². The minimum Gasteiger partial charge on any atom is -0.299 e. The number of carbonyl (C=O) groups is 1. The van der Waals surface area contributed by atoms with Crippen molar-refractivity contribution < 1.29 is 17.6 Å². The lowest BCUT2D eigenvalue weighted by atomic mass is 10.3. The number of halogens is 1. The van der Waals surface area contributed by atoms with Crippen molar-refractivity contribution >= 4 is 49.8 Å². The van der Waals surface area contributed by atoms with E-state index in [0.29, 0.717) is 9.47 Å². The summed E-state index contributed by atoms with van der Waals surface area (Å²) in [5, 5.41) is 10.5. The lowest BCUT2D eigenvalue weighted by Gasteiger charge is -2.21. The Hall–Kier alpha value is -1.72. The van der Waals surface area contributed by atoms with Gasteiger partial charge in [0.05, 0.1) is 11.9 Å². The molecular formula is C13H15FN4O3S3. The van der Waals surface area contributed by atoms with Crippen molar-refractivity contribution in [3.8, 4) is 0 Å². The van der Waals surface area contributed by atoms with E-state index in [1.54, 1.807) is 0 Å². The molecule has 24 heavy (non-hydrogen) atoms. The SMILES string of the molecule is CCSc1nnc(NC(=O)CN(c2ccc(F)cc2)S(C)(=O)=O)s1. The Morgan fingerprint density at radius 2 is 2.00 bits per heavy atom. The van der Waals surface area contributed by atoms with Crippen LogP contribution in [0.25, 0.3) is 0 Å². The number of benzene rings is 1. The minimum absolute atomic E-state index is 0.202. The minimum atomic E-state index is -3.71. The molecule has 0 unspecified atom stereocenters. The van der Waals surface area contributed by atoms with Gasteiger partial charge in [0.2, 0.25) is 21.1 Å². The van der Waals surface area contributed by atoms with Crippen molar-refractivity contribution in [1.29, 1.82) is 0 Å². The van der Waals surface area contributed by atoms with Crippen molar-refractivity contribution in [2.75, 3.05) is 28.2 Å². The molecule has 0 spiro atoms. The average Bonchev–Trinajstić information content (AvgIpc) is 2.92. The molecule has 11 heteroatoms. The standard InChI is InChI=1S/C13H15FN4O3S3/c1-3-22-13-17-16-12(23-13)15-11(19)8-18(24(2,20)21)10-6-4-9(14)5-7-10/h4-7H,3,8H2,1-2H3,(H,15,16,19). The fraction of sp³-hybridized carbons (Fsp3) is 0.308. The highest BCUT2D eigenvalue weighted by molar-refractivity contribution is 8.01. The van der Waals surface area contributed by atoms with Gasteiger partial charge in [-0.2, -0.15) is 0 Å². The summed E-state index contributed by atoms with van der Waals surface area (Å²) in [5.74, 6) is -0.227. The summed E-state index contributed by atoms with van der Waals surface area (Å²) < 4.78 is 38.4. The van der Waals surface area contributed by atoms with Crippen LogP contribution in [0.4, 0.5) is 15.2 Å². The molecule has 0 bridgehead atoms. The third-order valence-electron chi connectivity index (χ3n) is 2.72. The highest BCUT2D eigenvalue weighted by atomic mass is 32.2. The van der Waals surface area contributed by atoms with Crippen LogP contribution in [0.5, 0.6) is 0 Å². The van der Waals surface area contributed by atoms with Crippen molar-refractivity contribution in [3.63, 3.8) is 0 Å². The van der Waals surface area contributed by atoms with Gasteiger partial charge in [-0.3, -0.25) is 14.4 Å².